The lowest BCUT2D eigenvalue weighted by Crippen LogP contribution is -2.65. The van der Waals surface area contributed by atoms with Gasteiger partial charge in [-0.15, -0.1) is 0 Å². The third kappa shape index (κ3) is 6.58. The highest BCUT2D eigenvalue weighted by atomic mass is 16.6. The van der Waals surface area contributed by atoms with Gasteiger partial charge in [-0.25, -0.2) is 4.79 Å². The summed E-state index contributed by atoms with van der Waals surface area (Å²) < 4.78 is 18.2. The number of esters is 1. The molecule has 0 bridgehead atoms. The van der Waals surface area contributed by atoms with Crippen molar-refractivity contribution in [3.63, 3.8) is 0 Å². The summed E-state index contributed by atoms with van der Waals surface area (Å²) in [4.78, 5) is 12.3. The summed E-state index contributed by atoms with van der Waals surface area (Å²) in [5, 5.41) is 0. The molecule has 1 aliphatic heterocycles. The quantitative estimate of drug-likeness (QED) is 0.574. The van der Waals surface area contributed by atoms with E-state index in [1.807, 2.05) is 43.3 Å². The number of hydrogen-bond acceptors (Lipinski definition) is 4. The first-order valence-corrected chi connectivity index (χ1v) is 10.5. The molecule has 0 aliphatic carbocycles. The third-order valence-electron chi connectivity index (χ3n) is 5.30. The van der Waals surface area contributed by atoms with E-state index in [1.54, 1.807) is 0 Å². The normalized spacial score (nSPS) is 25.4. The van der Waals surface area contributed by atoms with Gasteiger partial charge < -0.3 is 19.9 Å². The standard InChI is InChI=1S/C24H31NO4/c1-18-23(27-17-9-12-19-10-4-2-5-11-19)22(29-20-13-6-3-7-14-20)16-8-15-21(25)24(26)28-18/h2-7,10-11,13-14,18,21-23H,8-9,12,15-17,25H2,1H3/p+1/t18-,21-,22-,23-/m0/s1. The van der Waals surface area contributed by atoms with Crippen LogP contribution in [0.4, 0.5) is 0 Å². The van der Waals surface area contributed by atoms with Crippen molar-refractivity contribution in [1.29, 1.82) is 0 Å². The average Bonchev–Trinajstić information content (AvgIpc) is 2.78. The fourth-order valence-corrected chi connectivity index (χ4v) is 3.68. The van der Waals surface area contributed by atoms with Crippen molar-refractivity contribution in [3.05, 3.63) is 66.2 Å². The van der Waals surface area contributed by atoms with E-state index in [0.717, 1.165) is 31.4 Å². The first kappa shape index (κ1) is 21.3. The van der Waals surface area contributed by atoms with E-state index in [2.05, 4.69) is 30.0 Å². The molecule has 2 aromatic carbocycles. The number of cyclic esters (lactones) is 1. The molecule has 0 saturated carbocycles. The topological polar surface area (TPSA) is 72.4 Å². The molecule has 0 aromatic heterocycles. The van der Waals surface area contributed by atoms with E-state index in [9.17, 15) is 4.79 Å². The number of carbonyl (C=O) groups is 1. The zero-order valence-corrected chi connectivity index (χ0v) is 17.2. The number of ether oxygens (including phenoxy) is 3. The third-order valence-corrected chi connectivity index (χ3v) is 5.30. The Morgan fingerprint density at radius 2 is 1.72 bits per heavy atom. The maximum Gasteiger partial charge on any atom is 0.365 e. The molecule has 0 amide bonds. The van der Waals surface area contributed by atoms with E-state index < -0.39 is 6.10 Å². The van der Waals surface area contributed by atoms with Gasteiger partial charge in [0.25, 0.3) is 0 Å². The van der Waals surface area contributed by atoms with Crippen molar-refractivity contribution < 1.29 is 24.7 Å². The molecule has 0 radical (unpaired) electrons. The van der Waals surface area contributed by atoms with Gasteiger partial charge in [-0.1, -0.05) is 48.5 Å². The van der Waals surface area contributed by atoms with Gasteiger partial charge in [0.15, 0.2) is 6.04 Å². The summed E-state index contributed by atoms with van der Waals surface area (Å²) in [6.07, 6.45) is 3.30. The molecule has 156 valence electrons. The number of rotatable bonds is 7. The maximum atomic E-state index is 12.3. The average molecular weight is 399 g/mol. The molecular weight excluding hydrogens is 366 g/mol. The van der Waals surface area contributed by atoms with Crippen LogP contribution in [0.1, 0.15) is 38.2 Å². The predicted molar refractivity (Wildman–Crippen MR) is 111 cm³/mol. The number of quaternary nitrogens is 1. The summed E-state index contributed by atoms with van der Waals surface area (Å²) in [6, 6.07) is 19.8. The zero-order chi connectivity index (χ0) is 20.5. The van der Waals surface area contributed by atoms with Crippen molar-refractivity contribution in [3.8, 4) is 5.75 Å². The minimum Gasteiger partial charge on any atom is -0.488 e. The highest BCUT2D eigenvalue weighted by Crippen LogP contribution is 2.23. The van der Waals surface area contributed by atoms with Crippen molar-refractivity contribution in [2.24, 2.45) is 0 Å². The van der Waals surface area contributed by atoms with E-state index in [-0.39, 0.29) is 24.2 Å². The van der Waals surface area contributed by atoms with Gasteiger partial charge in [-0.3, -0.25) is 0 Å². The summed E-state index contributed by atoms with van der Waals surface area (Å²) in [5.74, 6) is 0.551. The van der Waals surface area contributed by atoms with Crippen LogP contribution >= 0.6 is 0 Å². The molecule has 1 heterocycles. The first-order valence-electron chi connectivity index (χ1n) is 10.5. The largest absolute Gasteiger partial charge is 0.488 e. The van der Waals surface area contributed by atoms with Gasteiger partial charge in [-0.05, 0) is 50.3 Å². The Hall–Kier alpha value is -2.37. The van der Waals surface area contributed by atoms with Crippen molar-refractivity contribution in [2.45, 2.75) is 63.4 Å². The van der Waals surface area contributed by atoms with Gasteiger partial charge in [0.05, 0.1) is 0 Å². The lowest BCUT2D eigenvalue weighted by atomic mass is 10.0. The first-order chi connectivity index (χ1) is 14.1. The van der Waals surface area contributed by atoms with Crippen molar-refractivity contribution >= 4 is 5.97 Å². The molecule has 5 heteroatoms. The highest BCUT2D eigenvalue weighted by Gasteiger charge is 2.35. The molecule has 0 unspecified atom stereocenters. The Bertz CT molecular complexity index is 737. The Morgan fingerprint density at radius 3 is 2.45 bits per heavy atom. The molecule has 3 N–H and O–H groups in total. The van der Waals surface area contributed by atoms with Gasteiger partial charge in [-0.2, -0.15) is 0 Å². The Kier molecular flexibility index (Phi) is 8.08. The summed E-state index contributed by atoms with van der Waals surface area (Å²) in [5.41, 5.74) is 5.24. The number of aryl methyl sites for hydroxylation is 1. The van der Waals surface area contributed by atoms with Crippen LogP contribution in [0.2, 0.25) is 0 Å². The Morgan fingerprint density at radius 1 is 1.03 bits per heavy atom. The number of benzene rings is 2. The van der Waals surface area contributed by atoms with Crippen molar-refractivity contribution in [1.82, 2.24) is 0 Å². The monoisotopic (exact) mass is 398 g/mol. The fourth-order valence-electron chi connectivity index (χ4n) is 3.68. The molecule has 2 aromatic rings. The molecule has 1 aliphatic rings. The van der Waals surface area contributed by atoms with Gasteiger partial charge in [0.1, 0.15) is 24.1 Å². The highest BCUT2D eigenvalue weighted by molar-refractivity contribution is 5.74. The molecule has 0 spiro atoms. The van der Waals surface area contributed by atoms with E-state index in [0.29, 0.717) is 13.0 Å². The van der Waals surface area contributed by atoms with E-state index in [4.69, 9.17) is 14.2 Å². The molecule has 3 rings (SSSR count). The SMILES string of the molecule is C[C@@H]1OC(=O)[C@@H]([NH3+])CCC[C@H](Oc2ccccc2)[C@H]1OCCCc1ccccc1. The lowest BCUT2D eigenvalue weighted by molar-refractivity contribution is -0.410. The van der Waals surface area contributed by atoms with Crippen LogP contribution < -0.4 is 10.5 Å². The molecule has 29 heavy (non-hydrogen) atoms. The smallest absolute Gasteiger partial charge is 0.365 e. The van der Waals surface area contributed by atoms with Crippen LogP contribution in [0.5, 0.6) is 5.75 Å². The van der Waals surface area contributed by atoms with Crippen LogP contribution in [-0.2, 0) is 20.7 Å². The summed E-state index contributed by atoms with van der Waals surface area (Å²) in [7, 11) is 0. The maximum absolute atomic E-state index is 12.3. The molecule has 1 fully saturated rings. The summed E-state index contributed by atoms with van der Waals surface area (Å²) in [6.45, 7) is 2.48. The second kappa shape index (κ2) is 11.0. The Labute approximate surface area is 173 Å². The second-order valence-corrected chi connectivity index (χ2v) is 7.66. The van der Waals surface area contributed by atoms with Crippen LogP contribution in [0.25, 0.3) is 0 Å². The van der Waals surface area contributed by atoms with Gasteiger partial charge in [0, 0.05) is 13.0 Å². The predicted octanol–water partition coefficient (Wildman–Crippen LogP) is 3.18. The van der Waals surface area contributed by atoms with Crippen molar-refractivity contribution in [2.75, 3.05) is 6.61 Å². The molecule has 4 atom stereocenters. The second-order valence-electron chi connectivity index (χ2n) is 7.66. The molecule has 1 saturated heterocycles. The number of hydrogen-bond donors (Lipinski definition) is 1. The zero-order valence-electron chi connectivity index (χ0n) is 17.2. The van der Waals surface area contributed by atoms with Gasteiger partial charge >= 0.3 is 5.97 Å². The van der Waals surface area contributed by atoms with E-state index in [1.165, 1.54) is 5.56 Å². The minimum absolute atomic E-state index is 0.178. The van der Waals surface area contributed by atoms with Crippen LogP contribution in [0.15, 0.2) is 60.7 Å². The number of carbonyl (C=O) groups excluding carboxylic acids is 1. The fraction of sp³-hybridized carbons (Fsp3) is 0.458. The molecular formula is C24H32NO4+. The minimum atomic E-state index is -0.393. The molecule has 5 nitrogen and oxygen atoms in total. The lowest BCUT2D eigenvalue weighted by Gasteiger charge is -2.31. The summed E-state index contributed by atoms with van der Waals surface area (Å²) >= 11 is 0. The Balaban J connectivity index is 1.66. The number of para-hydroxylation sites is 1. The van der Waals surface area contributed by atoms with Crippen LogP contribution in [0.3, 0.4) is 0 Å². The van der Waals surface area contributed by atoms with E-state index >= 15 is 0 Å². The van der Waals surface area contributed by atoms with Gasteiger partial charge in [0.2, 0.25) is 0 Å². The van der Waals surface area contributed by atoms with Crippen LogP contribution in [0, 0.1) is 0 Å². The van der Waals surface area contributed by atoms with Crippen LogP contribution in [-0.4, -0.2) is 36.9 Å².